The van der Waals surface area contributed by atoms with Gasteiger partial charge in [-0.25, -0.2) is 0 Å². The summed E-state index contributed by atoms with van der Waals surface area (Å²) in [5.74, 6) is 0. The quantitative estimate of drug-likeness (QED) is 0.867. The fraction of sp³-hybridized carbons (Fsp3) is 0.300. The van der Waals surface area contributed by atoms with Crippen LogP contribution in [-0.4, -0.2) is 6.04 Å². The third-order valence-corrected chi connectivity index (χ3v) is 2.02. The maximum atomic E-state index is 12.4. The van der Waals surface area contributed by atoms with E-state index in [0.29, 0.717) is 0 Å². The maximum Gasteiger partial charge on any atom is 0.416 e. The third-order valence-electron chi connectivity index (χ3n) is 1.80. The fourth-order valence-electron chi connectivity index (χ4n) is 1.12. The van der Waals surface area contributed by atoms with Crippen molar-refractivity contribution in [3.63, 3.8) is 0 Å². The molecule has 0 bridgehead atoms. The summed E-state index contributed by atoms with van der Waals surface area (Å²) in [6, 6.07) is 4.36. The molecule has 2 nitrogen and oxygen atoms in total. The monoisotopic (exact) mass is 248 g/mol. The molecule has 1 rings (SSSR count). The van der Waals surface area contributed by atoms with Crippen LogP contribution < -0.4 is 5.32 Å². The summed E-state index contributed by atoms with van der Waals surface area (Å²) in [7, 11) is 0. The van der Waals surface area contributed by atoms with Crippen LogP contribution in [0.25, 0.3) is 0 Å². The Morgan fingerprint density at radius 3 is 2.50 bits per heavy atom. The van der Waals surface area contributed by atoms with E-state index in [1.165, 1.54) is 13.0 Å². The van der Waals surface area contributed by atoms with Crippen LogP contribution in [0.15, 0.2) is 18.2 Å². The molecule has 0 spiro atoms. The molecular weight excluding hydrogens is 241 g/mol. The Kier molecular flexibility index (Phi) is 3.66. The number of hydrogen-bond donors (Lipinski definition) is 1. The fourth-order valence-corrected chi connectivity index (χ4v) is 1.35. The van der Waals surface area contributed by atoms with E-state index in [0.717, 1.165) is 12.1 Å². The minimum absolute atomic E-state index is 0.0255. The van der Waals surface area contributed by atoms with Gasteiger partial charge in [0.05, 0.1) is 11.6 Å². The molecule has 1 aromatic carbocycles. The standard InChI is InChI=1S/C10H8ClF3N2/c1-6(5-15)16-9-3-7(10(12,13)14)2-8(11)4-9/h2-4,6,16H,1H3. The second-order valence-corrected chi connectivity index (χ2v) is 3.66. The van der Waals surface area contributed by atoms with Gasteiger partial charge in [0.1, 0.15) is 6.04 Å². The number of nitriles is 1. The minimum atomic E-state index is -4.45. The van der Waals surface area contributed by atoms with Gasteiger partial charge in [-0.15, -0.1) is 0 Å². The van der Waals surface area contributed by atoms with E-state index in [9.17, 15) is 13.2 Å². The molecule has 86 valence electrons. The number of alkyl halides is 3. The van der Waals surface area contributed by atoms with Crippen LogP contribution in [0.2, 0.25) is 5.02 Å². The molecule has 0 heterocycles. The van der Waals surface area contributed by atoms with Crippen LogP contribution in [0.1, 0.15) is 12.5 Å². The Balaban J connectivity index is 3.05. The molecule has 0 fully saturated rings. The molecule has 1 aromatic rings. The lowest BCUT2D eigenvalue weighted by molar-refractivity contribution is -0.137. The summed E-state index contributed by atoms with van der Waals surface area (Å²) in [5.41, 5.74) is -0.665. The van der Waals surface area contributed by atoms with Gasteiger partial charge in [-0.1, -0.05) is 11.6 Å². The van der Waals surface area contributed by atoms with Gasteiger partial charge in [0.25, 0.3) is 0 Å². The molecule has 0 saturated carbocycles. The normalized spacial score (nSPS) is 13.0. The second-order valence-electron chi connectivity index (χ2n) is 3.22. The van der Waals surface area contributed by atoms with E-state index in [-0.39, 0.29) is 10.7 Å². The van der Waals surface area contributed by atoms with E-state index in [4.69, 9.17) is 16.9 Å². The van der Waals surface area contributed by atoms with Crippen LogP contribution in [0.4, 0.5) is 18.9 Å². The largest absolute Gasteiger partial charge is 0.416 e. The predicted octanol–water partition coefficient (Wildman–Crippen LogP) is 3.68. The number of rotatable bonds is 2. The zero-order valence-corrected chi connectivity index (χ0v) is 9.02. The summed E-state index contributed by atoms with van der Waals surface area (Å²) in [6.45, 7) is 1.54. The summed E-state index contributed by atoms with van der Waals surface area (Å²) in [4.78, 5) is 0. The van der Waals surface area contributed by atoms with Crippen molar-refractivity contribution in [3.8, 4) is 6.07 Å². The first-order valence-electron chi connectivity index (χ1n) is 4.37. The van der Waals surface area contributed by atoms with Gasteiger partial charge >= 0.3 is 6.18 Å². The second kappa shape index (κ2) is 4.62. The first kappa shape index (κ1) is 12.7. The van der Waals surface area contributed by atoms with Gasteiger partial charge in [-0.05, 0) is 25.1 Å². The molecule has 0 aromatic heterocycles. The van der Waals surface area contributed by atoms with Gasteiger partial charge in [0, 0.05) is 10.7 Å². The summed E-state index contributed by atoms with van der Waals surface area (Å²) in [5, 5.41) is 11.1. The summed E-state index contributed by atoms with van der Waals surface area (Å²) >= 11 is 5.56. The number of benzene rings is 1. The van der Waals surface area contributed by atoms with Gasteiger partial charge in [0.15, 0.2) is 0 Å². The number of nitrogens with one attached hydrogen (secondary N) is 1. The zero-order valence-electron chi connectivity index (χ0n) is 8.27. The lowest BCUT2D eigenvalue weighted by atomic mass is 10.2. The van der Waals surface area contributed by atoms with Crippen molar-refractivity contribution in [1.29, 1.82) is 5.26 Å². The lowest BCUT2D eigenvalue weighted by Crippen LogP contribution is -2.13. The predicted molar refractivity (Wildman–Crippen MR) is 55.2 cm³/mol. The van der Waals surface area contributed by atoms with Crippen molar-refractivity contribution in [2.45, 2.75) is 19.1 Å². The van der Waals surface area contributed by atoms with Crippen LogP contribution in [0.3, 0.4) is 0 Å². The van der Waals surface area contributed by atoms with Crippen LogP contribution in [-0.2, 0) is 6.18 Å². The molecule has 0 saturated heterocycles. The van der Waals surface area contributed by atoms with Crippen molar-refractivity contribution in [1.82, 2.24) is 0 Å². The van der Waals surface area contributed by atoms with Crippen molar-refractivity contribution >= 4 is 17.3 Å². The van der Waals surface area contributed by atoms with E-state index < -0.39 is 17.8 Å². The zero-order chi connectivity index (χ0) is 12.3. The molecule has 0 aliphatic rings. The molecule has 1 N–H and O–H groups in total. The highest BCUT2D eigenvalue weighted by atomic mass is 35.5. The average molecular weight is 249 g/mol. The van der Waals surface area contributed by atoms with E-state index in [1.807, 2.05) is 6.07 Å². The highest BCUT2D eigenvalue weighted by molar-refractivity contribution is 6.30. The Morgan fingerprint density at radius 1 is 1.38 bits per heavy atom. The smallest absolute Gasteiger partial charge is 0.370 e. The number of hydrogen-bond acceptors (Lipinski definition) is 2. The first-order valence-corrected chi connectivity index (χ1v) is 4.74. The van der Waals surface area contributed by atoms with Crippen LogP contribution >= 0.6 is 11.6 Å². The highest BCUT2D eigenvalue weighted by Gasteiger charge is 2.31. The minimum Gasteiger partial charge on any atom is -0.370 e. The number of anilines is 1. The topological polar surface area (TPSA) is 35.8 Å². The van der Waals surface area contributed by atoms with Crippen molar-refractivity contribution in [2.24, 2.45) is 0 Å². The molecule has 0 aliphatic carbocycles. The Labute approximate surface area is 95.6 Å². The van der Waals surface area contributed by atoms with Gasteiger partial charge in [-0.3, -0.25) is 0 Å². The van der Waals surface area contributed by atoms with Gasteiger partial charge < -0.3 is 5.32 Å². The molecule has 0 amide bonds. The Bertz CT molecular complexity index is 423. The molecule has 1 atom stereocenters. The highest BCUT2D eigenvalue weighted by Crippen LogP contribution is 2.33. The summed E-state index contributed by atoms with van der Waals surface area (Å²) in [6.07, 6.45) is -4.45. The number of halogens is 4. The van der Waals surface area contributed by atoms with Crippen molar-refractivity contribution in [3.05, 3.63) is 28.8 Å². The average Bonchev–Trinajstić information content (AvgIpc) is 2.15. The third kappa shape index (κ3) is 3.31. The van der Waals surface area contributed by atoms with Gasteiger partial charge in [-0.2, -0.15) is 18.4 Å². The number of nitrogens with zero attached hydrogens (tertiary/aromatic N) is 1. The summed E-state index contributed by atoms with van der Waals surface area (Å²) < 4.78 is 37.2. The SMILES string of the molecule is CC(C#N)Nc1cc(Cl)cc(C(F)(F)F)c1. The maximum absolute atomic E-state index is 12.4. The first-order chi connectivity index (χ1) is 7.32. The lowest BCUT2D eigenvalue weighted by Gasteiger charge is -2.12. The molecular formula is C10H8ClF3N2. The Hall–Kier alpha value is -1.41. The molecule has 6 heteroatoms. The van der Waals surface area contributed by atoms with E-state index in [2.05, 4.69) is 5.32 Å². The molecule has 0 aliphatic heterocycles. The molecule has 1 unspecified atom stereocenters. The van der Waals surface area contributed by atoms with E-state index in [1.54, 1.807) is 0 Å². The Morgan fingerprint density at radius 2 is 2.00 bits per heavy atom. The van der Waals surface area contributed by atoms with Crippen LogP contribution in [0.5, 0.6) is 0 Å². The molecule has 16 heavy (non-hydrogen) atoms. The van der Waals surface area contributed by atoms with E-state index >= 15 is 0 Å². The van der Waals surface area contributed by atoms with Crippen molar-refractivity contribution in [2.75, 3.05) is 5.32 Å². The van der Waals surface area contributed by atoms with Gasteiger partial charge in [0.2, 0.25) is 0 Å². The van der Waals surface area contributed by atoms with Crippen molar-refractivity contribution < 1.29 is 13.2 Å². The molecule has 0 radical (unpaired) electrons. The van der Waals surface area contributed by atoms with Crippen LogP contribution in [0, 0.1) is 11.3 Å².